The van der Waals surface area contributed by atoms with Crippen molar-refractivity contribution in [2.75, 3.05) is 18.0 Å². The number of rotatable bonds is 6. The van der Waals surface area contributed by atoms with E-state index in [9.17, 15) is 0 Å². The molecule has 1 aromatic heterocycles. The summed E-state index contributed by atoms with van der Waals surface area (Å²) in [5.74, 6) is 1.04. The van der Waals surface area contributed by atoms with Gasteiger partial charge in [-0.05, 0) is 19.8 Å². The number of oxime groups is 1. The summed E-state index contributed by atoms with van der Waals surface area (Å²) in [5, 5.41) is 16.4. The lowest BCUT2D eigenvalue weighted by atomic mass is 10.2. The number of nitrogens with two attached hydrogens (primary N) is 1. The smallest absolute Gasteiger partial charge is 0.175 e. The van der Waals surface area contributed by atoms with Crippen molar-refractivity contribution >= 4 is 11.7 Å². The second-order valence-electron chi connectivity index (χ2n) is 4.38. The third kappa shape index (κ3) is 2.75. The highest BCUT2D eigenvalue weighted by Crippen LogP contribution is 2.23. The maximum atomic E-state index is 8.90. The van der Waals surface area contributed by atoms with Crippen LogP contribution in [0.15, 0.2) is 5.16 Å². The molecule has 0 saturated carbocycles. The highest BCUT2D eigenvalue weighted by atomic mass is 16.4. The lowest BCUT2D eigenvalue weighted by molar-refractivity contribution is 0.318. The van der Waals surface area contributed by atoms with Crippen molar-refractivity contribution in [2.45, 2.75) is 33.6 Å². The van der Waals surface area contributed by atoms with Gasteiger partial charge in [-0.3, -0.25) is 4.68 Å². The summed E-state index contributed by atoms with van der Waals surface area (Å²) in [6, 6.07) is 0. The van der Waals surface area contributed by atoms with Gasteiger partial charge < -0.3 is 15.8 Å². The van der Waals surface area contributed by atoms with E-state index in [-0.39, 0.29) is 5.84 Å². The minimum absolute atomic E-state index is 0.118. The van der Waals surface area contributed by atoms with E-state index in [0.29, 0.717) is 0 Å². The molecule has 102 valence electrons. The molecular weight excluding hydrogens is 230 g/mol. The normalized spacial score (nSPS) is 11.9. The second-order valence-corrected chi connectivity index (χ2v) is 4.38. The van der Waals surface area contributed by atoms with E-state index in [1.165, 1.54) is 0 Å². The second kappa shape index (κ2) is 6.28. The molecule has 0 bridgehead atoms. The molecule has 6 heteroatoms. The third-order valence-electron chi connectivity index (χ3n) is 2.84. The molecule has 6 nitrogen and oxygen atoms in total. The molecule has 0 amide bonds. The Bertz CT molecular complexity index is 418. The molecule has 0 saturated heterocycles. The maximum absolute atomic E-state index is 8.90. The zero-order valence-electron chi connectivity index (χ0n) is 11.6. The Morgan fingerprint density at radius 1 is 1.39 bits per heavy atom. The first-order chi connectivity index (χ1) is 8.56. The minimum atomic E-state index is 0.118. The van der Waals surface area contributed by atoms with Crippen molar-refractivity contribution in [3.8, 4) is 0 Å². The number of aromatic nitrogens is 2. The van der Waals surface area contributed by atoms with Crippen LogP contribution < -0.4 is 10.6 Å². The predicted octanol–water partition coefficient (Wildman–Crippen LogP) is 1.45. The average molecular weight is 253 g/mol. The van der Waals surface area contributed by atoms with Crippen molar-refractivity contribution in [3.05, 3.63) is 11.3 Å². The van der Waals surface area contributed by atoms with Crippen LogP contribution in [0.4, 0.5) is 5.82 Å². The number of aryl methyl sites for hydroxylation is 2. The van der Waals surface area contributed by atoms with Crippen LogP contribution in [0.5, 0.6) is 0 Å². The molecule has 0 atom stereocenters. The van der Waals surface area contributed by atoms with Gasteiger partial charge in [-0.1, -0.05) is 19.0 Å². The lowest BCUT2D eigenvalue weighted by Crippen LogP contribution is -2.29. The Balaban J connectivity index is 3.27. The van der Waals surface area contributed by atoms with Crippen LogP contribution in [0.1, 0.15) is 37.9 Å². The van der Waals surface area contributed by atoms with Gasteiger partial charge in [0.1, 0.15) is 5.82 Å². The largest absolute Gasteiger partial charge is 0.409 e. The fourth-order valence-corrected chi connectivity index (χ4v) is 2.22. The first kappa shape index (κ1) is 14.3. The maximum Gasteiger partial charge on any atom is 0.175 e. The summed E-state index contributed by atoms with van der Waals surface area (Å²) in [7, 11) is 1.88. The van der Waals surface area contributed by atoms with E-state index in [1.54, 1.807) is 4.68 Å². The van der Waals surface area contributed by atoms with Crippen LogP contribution in [-0.2, 0) is 7.05 Å². The lowest BCUT2D eigenvalue weighted by Gasteiger charge is -2.24. The minimum Gasteiger partial charge on any atom is -0.409 e. The fraction of sp³-hybridized carbons (Fsp3) is 0.667. The SMILES string of the molecule is CCCN(CCC)c1c(C(N)=NO)c(C)nn1C. The number of hydrogen-bond donors (Lipinski definition) is 2. The van der Waals surface area contributed by atoms with Gasteiger partial charge in [0.2, 0.25) is 0 Å². The van der Waals surface area contributed by atoms with E-state index in [4.69, 9.17) is 10.9 Å². The third-order valence-corrected chi connectivity index (χ3v) is 2.84. The first-order valence-corrected chi connectivity index (χ1v) is 6.33. The van der Waals surface area contributed by atoms with Crippen LogP contribution in [0.2, 0.25) is 0 Å². The van der Waals surface area contributed by atoms with Gasteiger partial charge >= 0.3 is 0 Å². The van der Waals surface area contributed by atoms with Crippen LogP contribution in [-0.4, -0.2) is 33.9 Å². The number of amidine groups is 1. The summed E-state index contributed by atoms with van der Waals surface area (Å²) < 4.78 is 1.80. The highest BCUT2D eigenvalue weighted by Gasteiger charge is 2.21. The summed E-state index contributed by atoms with van der Waals surface area (Å²) in [5.41, 5.74) is 7.26. The molecule has 1 aromatic rings. The zero-order valence-corrected chi connectivity index (χ0v) is 11.6. The quantitative estimate of drug-likeness (QED) is 0.348. The molecule has 0 aliphatic heterocycles. The van der Waals surface area contributed by atoms with Crippen LogP contribution >= 0.6 is 0 Å². The molecule has 3 N–H and O–H groups in total. The molecule has 0 aliphatic carbocycles. The van der Waals surface area contributed by atoms with Gasteiger partial charge in [0.15, 0.2) is 5.84 Å². The molecule has 18 heavy (non-hydrogen) atoms. The van der Waals surface area contributed by atoms with Crippen LogP contribution in [0.25, 0.3) is 0 Å². The van der Waals surface area contributed by atoms with Crippen molar-refractivity contribution in [1.29, 1.82) is 0 Å². The summed E-state index contributed by atoms with van der Waals surface area (Å²) in [4.78, 5) is 2.23. The number of anilines is 1. The Labute approximate surface area is 108 Å². The monoisotopic (exact) mass is 253 g/mol. The predicted molar refractivity (Wildman–Crippen MR) is 73.3 cm³/mol. The summed E-state index contributed by atoms with van der Waals surface area (Å²) in [6.07, 6.45) is 2.08. The van der Waals surface area contributed by atoms with E-state index in [2.05, 4.69) is 29.0 Å². The Morgan fingerprint density at radius 3 is 2.39 bits per heavy atom. The number of hydrogen-bond acceptors (Lipinski definition) is 4. The Morgan fingerprint density at radius 2 is 1.94 bits per heavy atom. The van der Waals surface area contributed by atoms with Crippen molar-refractivity contribution in [2.24, 2.45) is 17.9 Å². The van der Waals surface area contributed by atoms with E-state index < -0.39 is 0 Å². The van der Waals surface area contributed by atoms with E-state index in [1.807, 2.05) is 14.0 Å². The first-order valence-electron chi connectivity index (χ1n) is 6.33. The van der Waals surface area contributed by atoms with Gasteiger partial charge in [0.05, 0.1) is 11.3 Å². The van der Waals surface area contributed by atoms with Gasteiger partial charge in [0.25, 0.3) is 0 Å². The Hall–Kier alpha value is -1.72. The molecule has 1 rings (SSSR count). The molecule has 0 radical (unpaired) electrons. The fourth-order valence-electron chi connectivity index (χ4n) is 2.22. The standard InChI is InChI=1S/C12H23N5O/c1-5-7-17(8-6-2)12-10(11(13)15-18)9(3)14-16(12)4/h18H,5-8H2,1-4H3,(H2,13,15). The average Bonchev–Trinajstić information content (AvgIpc) is 2.63. The van der Waals surface area contributed by atoms with Gasteiger partial charge in [-0.15, -0.1) is 0 Å². The Kier molecular flexibility index (Phi) is 5.00. The molecule has 0 unspecified atom stereocenters. The molecule has 0 spiro atoms. The van der Waals surface area contributed by atoms with Crippen LogP contribution in [0, 0.1) is 6.92 Å². The van der Waals surface area contributed by atoms with Gasteiger partial charge in [0, 0.05) is 20.1 Å². The molecular formula is C12H23N5O. The molecule has 1 heterocycles. The van der Waals surface area contributed by atoms with Crippen molar-refractivity contribution in [3.63, 3.8) is 0 Å². The van der Waals surface area contributed by atoms with Gasteiger partial charge in [-0.25, -0.2) is 0 Å². The van der Waals surface area contributed by atoms with Crippen molar-refractivity contribution in [1.82, 2.24) is 9.78 Å². The van der Waals surface area contributed by atoms with E-state index >= 15 is 0 Å². The topological polar surface area (TPSA) is 79.7 Å². The zero-order chi connectivity index (χ0) is 13.7. The van der Waals surface area contributed by atoms with Gasteiger partial charge in [-0.2, -0.15) is 5.10 Å². The van der Waals surface area contributed by atoms with Crippen LogP contribution in [0.3, 0.4) is 0 Å². The molecule has 0 aliphatic rings. The summed E-state index contributed by atoms with van der Waals surface area (Å²) in [6.45, 7) is 7.99. The summed E-state index contributed by atoms with van der Waals surface area (Å²) >= 11 is 0. The van der Waals surface area contributed by atoms with E-state index in [0.717, 1.165) is 43.0 Å². The highest BCUT2D eigenvalue weighted by molar-refractivity contribution is 6.02. The molecule has 0 fully saturated rings. The number of nitrogens with zero attached hydrogens (tertiary/aromatic N) is 4. The molecule has 0 aromatic carbocycles. The van der Waals surface area contributed by atoms with Crippen molar-refractivity contribution < 1.29 is 5.21 Å².